The number of hydrogen-bond acceptors (Lipinski definition) is 5. The molecule has 132 valence electrons. The van der Waals surface area contributed by atoms with Crippen LogP contribution in [0.4, 0.5) is 5.69 Å². The lowest BCUT2D eigenvalue weighted by atomic mass is 10.3. The van der Waals surface area contributed by atoms with E-state index in [1.54, 1.807) is 17.8 Å². The number of amides is 1. The number of nitrogens with one attached hydrogen (secondary N) is 1. The van der Waals surface area contributed by atoms with E-state index in [1.807, 2.05) is 41.8 Å². The van der Waals surface area contributed by atoms with Crippen molar-refractivity contribution in [3.05, 3.63) is 55.4 Å². The number of aryl methyl sites for hydroxylation is 1. The van der Waals surface area contributed by atoms with Crippen molar-refractivity contribution in [3.63, 3.8) is 0 Å². The number of nitrogens with zero attached hydrogens (tertiary/aromatic N) is 3. The van der Waals surface area contributed by atoms with Crippen molar-refractivity contribution in [3.8, 4) is 0 Å². The molecule has 0 saturated carbocycles. The molecule has 0 saturated heterocycles. The summed E-state index contributed by atoms with van der Waals surface area (Å²) < 4.78 is 1.98. The predicted molar refractivity (Wildman–Crippen MR) is 106 cm³/mol. The molecule has 0 atom stereocenters. The van der Waals surface area contributed by atoms with E-state index in [2.05, 4.69) is 28.7 Å². The molecule has 0 spiro atoms. The Bertz CT molecular complexity index is 742. The van der Waals surface area contributed by atoms with Crippen LogP contribution in [0.1, 0.15) is 12.7 Å². The third-order valence-corrected chi connectivity index (χ3v) is 5.31. The van der Waals surface area contributed by atoms with Gasteiger partial charge in [-0.3, -0.25) is 4.79 Å². The molecule has 5 nitrogen and oxygen atoms in total. The maximum atomic E-state index is 12.3. The van der Waals surface area contributed by atoms with Crippen LogP contribution in [0, 0.1) is 0 Å². The van der Waals surface area contributed by atoms with Crippen LogP contribution >= 0.6 is 23.5 Å². The maximum Gasteiger partial charge on any atom is 0.234 e. The Morgan fingerprint density at radius 1 is 1.24 bits per heavy atom. The van der Waals surface area contributed by atoms with Crippen LogP contribution in [-0.2, 0) is 17.8 Å². The van der Waals surface area contributed by atoms with Gasteiger partial charge in [0.15, 0.2) is 5.16 Å². The van der Waals surface area contributed by atoms with Crippen molar-refractivity contribution >= 4 is 35.1 Å². The Morgan fingerprint density at radius 3 is 2.76 bits per heavy atom. The highest BCUT2D eigenvalue weighted by atomic mass is 32.2. The molecular weight excluding hydrogens is 352 g/mol. The van der Waals surface area contributed by atoms with Crippen LogP contribution in [0.3, 0.4) is 0 Å². The van der Waals surface area contributed by atoms with Gasteiger partial charge in [0.2, 0.25) is 5.91 Å². The van der Waals surface area contributed by atoms with Gasteiger partial charge in [-0.05, 0) is 12.1 Å². The number of hydrogen-bond donors (Lipinski definition) is 1. The van der Waals surface area contributed by atoms with Gasteiger partial charge in [0.25, 0.3) is 0 Å². The van der Waals surface area contributed by atoms with Gasteiger partial charge in [-0.1, -0.05) is 43.0 Å². The first-order valence-corrected chi connectivity index (χ1v) is 9.95. The molecule has 0 radical (unpaired) electrons. The van der Waals surface area contributed by atoms with Gasteiger partial charge in [-0.2, -0.15) is 0 Å². The van der Waals surface area contributed by atoms with Crippen molar-refractivity contribution in [2.75, 3.05) is 16.8 Å². The topological polar surface area (TPSA) is 59.8 Å². The predicted octanol–water partition coefficient (Wildman–Crippen LogP) is 4.04. The molecule has 2 rings (SSSR count). The van der Waals surface area contributed by atoms with E-state index >= 15 is 0 Å². The van der Waals surface area contributed by atoms with Gasteiger partial charge in [-0.25, -0.2) is 0 Å². The van der Waals surface area contributed by atoms with E-state index in [0.29, 0.717) is 6.54 Å². The third-order valence-electron chi connectivity index (χ3n) is 3.27. The molecule has 0 aliphatic rings. The van der Waals surface area contributed by atoms with Gasteiger partial charge in [0.05, 0.1) is 11.4 Å². The van der Waals surface area contributed by atoms with Gasteiger partial charge >= 0.3 is 0 Å². The Labute approximate surface area is 157 Å². The molecule has 0 aliphatic carbocycles. The van der Waals surface area contributed by atoms with Crippen molar-refractivity contribution in [1.29, 1.82) is 0 Å². The van der Waals surface area contributed by atoms with Crippen molar-refractivity contribution < 1.29 is 4.79 Å². The van der Waals surface area contributed by atoms with E-state index in [4.69, 9.17) is 0 Å². The lowest BCUT2D eigenvalue weighted by Crippen LogP contribution is -2.15. The molecule has 0 unspecified atom stereocenters. The average Bonchev–Trinajstić information content (AvgIpc) is 3.01. The number of benzene rings is 1. The normalized spacial score (nSPS) is 10.4. The summed E-state index contributed by atoms with van der Waals surface area (Å²) >= 11 is 3.02. The van der Waals surface area contributed by atoms with Gasteiger partial charge in [-0.15, -0.1) is 35.1 Å². The minimum atomic E-state index is -0.0668. The van der Waals surface area contributed by atoms with E-state index in [-0.39, 0.29) is 11.7 Å². The van der Waals surface area contributed by atoms with Crippen LogP contribution in [0.25, 0.3) is 0 Å². The van der Waals surface area contributed by atoms with Crippen LogP contribution in [0.2, 0.25) is 0 Å². The van der Waals surface area contributed by atoms with Gasteiger partial charge in [0.1, 0.15) is 5.82 Å². The van der Waals surface area contributed by atoms with E-state index in [1.165, 1.54) is 11.8 Å². The zero-order chi connectivity index (χ0) is 18.1. The van der Waals surface area contributed by atoms with Gasteiger partial charge in [0, 0.05) is 23.6 Å². The number of carbonyl (C=O) groups excluding carboxylic acids is 1. The largest absolute Gasteiger partial charge is 0.324 e. The Kier molecular flexibility index (Phi) is 7.81. The molecular formula is C18H22N4OS2. The highest BCUT2D eigenvalue weighted by Gasteiger charge is 2.13. The lowest BCUT2D eigenvalue weighted by Gasteiger charge is -2.10. The first-order valence-electron chi connectivity index (χ1n) is 7.97. The fraction of sp³-hybridized carbons (Fsp3) is 0.278. The highest BCUT2D eigenvalue weighted by molar-refractivity contribution is 8.00. The SMILES string of the molecule is C=CCSc1ccccc1NC(=O)CSc1nnc(CC)n1CC=C. The molecule has 25 heavy (non-hydrogen) atoms. The maximum absolute atomic E-state index is 12.3. The Morgan fingerprint density at radius 2 is 2.04 bits per heavy atom. The fourth-order valence-electron chi connectivity index (χ4n) is 2.16. The van der Waals surface area contributed by atoms with E-state index in [0.717, 1.165) is 33.7 Å². The van der Waals surface area contributed by atoms with Crippen molar-refractivity contribution in [1.82, 2.24) is 14.8 Å². The number of rotatable bonds is 10. The summed E-state index contributed by atoms with van der Waals surface area (Å²) in [4.78, 5) is 13.3. The molecule has 1 amide bonds. The standard InChI is InChI=1S/C18H22N4OS2/c1-4-11-22-16(6-3)20-21-18(22)25-13-17(23)19-14-9-7-8-10-15(14)24-12-5-2/h4-5,7-10H,1-2,6,11-13H2,3H3,(H,19,23). The fourth-order valence-corrected chi connectivity index (χ4v) is 3.67. The van der Waals surface area contributed by atoms with Crippen LogP contribution in [0.15, 0.2) is 59.6 Å². The number of allylic oxidation sites excluding steroid dienone is 1. The quantitative estimate of drug-likeness (QED) is 0.502. The summed E-state index contributed by atoms with van der Waals surface area (Å²) in [7, 11) is 0. The van der Waals surface area contributed by atoms with Crippen LogP contribution in [-0.4, -0.2) is 32.2 Å². The molecule has 0 aliphatic heterocycles. The number of para-hydroxylation sites is 1. The molecule has 1 heterocycles. The number of aromatic nitrogens is 3. The lowest BCUT2D eigenvalue weighted by molar-refractivity contribution is -0.113. The average molecular weight is 375 g/mol. The van der Waals surface area contributed by atoms with E-state index in [9.17, 15) is 4.79 Å². The minimum Gasteiger partial charge on any atom is -0.324 e. The third kappa shape index (κ3) is 5.51. The van der Waals surface area contributed by atoms with Crippen molar-refractivity contribution in [2.45, 2.75) is 29.9 Å². The van der Waals surface area contributed by atoms with Crippen LogP contribution < -0.4 is 5.32 Å². The molecule has 0 fully saturated rings. The molecule has 1 N–H and O–H groups in total. The summed E-state index contributed by atoms with van der Waals surface area (Å²) in [5.41, 5.74) is 0.821. The van der Waals surface area contributed by atoms with Crippen molar-refractivity contribution in [2.24, 2.45) is 0 Å². The summed E-state index contributed by atoms with van der Waals surface area (Å²) in [5, 5.41) is 12.0. The molecule has 7 heteroatoms. The van der Waals surface area contributed by atoms with Gasteiger partial charge < -0.3 is 9.88 Å². The molecule has 0 bridgehead atoms. The van der Waals surface area contributed by atoms with Crippen LogP contribution in [0.5, 0.6) is 0 Å². The Hall–Kier alpha value is -1.99. The first kappa shape index (κ1) is 19.3. The number of anilines is 1. The summed E-state index contributed by atoms with van der Waals surface area (Å²) in [6.45, 7) is 10.2. The molecule has 1 aromatic heterocycles. The second kappa shape index (κ2) is 10.1. The molecule has 2 aromatic rings. The summed E-state index contributed by atoms with van der Waals surface area (Å²) in [5.74, 6) is 1.91. The highest BCUT2D eigenvalue weighted by Crippen LogP contribution is 2.27. The Balaban J connectivity index is 1.99. The summed E-state index contributed by atoms with van der Waals surface area (Å²) in [6, 6.07) is 7.77. The second-order valence-corrected chi connectivity index (χ2v) is 7.09. The minimum absolute atomic E-state index is 0.0668. The molecule has 1 aromatic carbocycles. The number of thioether (sulfide) groups is 2. The smallest absolute Gasteiger partial charge is 0.234 e. The van der Waals surface area contributed by atoms with E-state index < -0.39 is 0 Å². The number of carbonyl (C=O) groups is 1. The second-order valence-electron chi connectivity index (χ2n) is 5.08. The monoisotopic (exact) mass is 374 g/mol. The first-order chi connectivity index (χ1) is 12.2. The summed E-state index contributed by atoms with van der Waals surface area (Å²) in [6.07, 6.45) is 4.44. The zero-order valence-electron chi connectivity index (χ0n) is 14.3. The zero-order valence-corrected chi connectivity index (χ0v) is 15.9.